The minimum absolute atomic E-state index is 0.207. The van der Waals surface area contributed by atoms with Crippen molar-refractivity contribution in [1.82, 2.24) is 16.0 Å². The number of cyclic esters (lactones) is 1. The van der Waals surface area contributed by atoms with Crippen LogP contribution in [0.25, 0.3) is 10.8 Å². The topological polar surface area (TPSA) is 123 Å². The quantitative estimate of drug-likeness (QED) is 0.272. The van der Waals surface area contributed by atoms with Gasteiger partial charge in [0.1, 0.15) is 23.8 Å². The number of carbonyl (C=O) groups is 4. The summed E-state index contributed by atoms with van der Waals surface area (Å²) in [4.78, 5) is 53.0. The highest BCUT2D eigenvalue weighted by Gasteiger charge is 2.40. The van der Waals surface area contributed by atoms with Crippen LogP contribution in [0.4, 0.5) is 4.79 Å². The van der Waals surface area contributed by atoms with Gasteiger partial charge in [-0.2, -0.15) is 0 Å². The molecule has 2 fully saturated rings. The van der Waals surface area contributed by atoms with Crippen molar-refractivity contribution in [2.75, 3.05) is 0 Å². The Morgan fingerprint density at radius 1 is 0.933 bits per heavy atom. The molecule has 2 aliphatic rings. The molecule has 2 aromatic carbocycles. The van der Waals surface area contributed by atoms with E-state index >= 15 is 0 Å². The van der Waals surface area contributed by atoms with Gasteiger partial charge in [0.15, 0.2) is 0 Å². The molecule has 2 aromatic rings. The number of nitrogens with one attached hydrogen (secondary N) is 3. The highest BCUT2D eigenvalue weighted by atomic mass is 16.6. The normalized spacial score (nSPS) is 21.1. The molecule has 9 heteroatoms. The first-order valence-electron chi connectivity index (χ1n) is 16.6. The lowest BCUT2D eigenvalue weighted by Gasteiger charge is -2.32. The van der Waals surface area contributed by atoms with Crippen molar-refractivity contribution >= 4 is 34.6 Å². The van der Waals surface area contributed by atoms with E-state index in [-0.39, 0.29) is 36.2 Å². The molecule has 0 radical (unpaired) electrons. The second kappa shape index (κ2) is 15.1. The van der Waals surface area contributed by atoms with Gasteiger partial charge in [-0.25, -0.2) is 4.79 Å². The van der Waals surface area contributed by atoms with Crippen LogP contribution >= 0.6 is 0 Å². The third-order valence-electron chi connectivity index (χ3n) is 8.90. The molecule has 1 saturated heterocycles. The smallest absolute Gasteiger partial charge is 0.408 e. The molecule has 0 aromatic heterocycles. The Kier molecular flexibility index (Phi) is 11.5. The fourth-order valence-corrected chi connectivity index (χ4v) is 6.50. The number of hydrogen-bond donors (Lipinski definition) is 3. The van der Waals surface area contributed by atoms with E-state index in [0.29, 0.717) is 12.3 Å². The van der Waals surface area contributed by atoms with Crippen LogP contribution in [0.2, 0.25) is 0 Å². The summed E-state index contributed by atoms with van der Waals surface area (Å²) < 4.78 is 11.2. The number of amides is 3. The maximum Gasteiger partial charge on any atom is 0.408 e. The Morgan fingerprint density at radius 2 is 1.62 bits per heavy atom. The van der Waals surface area contributed by atoms with E-state index in [1.165, 1.54) is 19.3 Å². The average Bonchev–Trinajstić information content (AvgIpc) is 3.32. The van der Waals surface area contributed by atoms with Crippen molar-refractivity contribution in [3.05, 3.63) is 48.0 Å². The van der Waals surface area contributed by atoms with Crippen molar-refractivity contribution in [3.8, 4) is 0 Å². The first-order chi connectivity index (χ1) is 21.3. The zero-order valence-electron chi connectivity index (χ0n) is 27.7. The number of carbonyl (C=O) groups excluding carboxylic acids is 4. The summed E-state index contributed by atoms with van der Waals surface area (Å²) in [6.45, 7) is 10.9. The molecular weight excluding hydrogens is 570 g/mol. The molecule has 45 heavy (non-hydrogen) atoms. The summed E-state index contributed by atoms with van der Waals surface area (Å²) in [5, 5.41) is 10.9. The second-order valence-corrected chi connectivity index (χ2v) is 14.2. The summed E-state index contributed by atoms with van der Waals surface area (Å²) in [6.07, 6.45) is 6.15. The van der Waals surface area contributed by atoms with Gasteiger partial charge in [0.2, 0.25) is 11.8 Å². The molecule has 5 atom stereocenters. The summed E-state index contributed by atoms with van der Waals surface area (Å²) in [6, 6.07) is 11.6. The number of hydrogen-bond acceptors (Lipinski definition) is 6. The summed E-state index contributed by atoms with van der Waals surface area (Å²) >= 11 is 0. The van der Waals surface area contributed by atoms with Crippen LogP contribution in [-0.2, 0) is 30.3 Å². The predicted octanol–water partition coefficient (Wildman–Crippen LogP) is 5.82. The van der Waals surface area contributed by atoms with E-state index in [4.69, 9.17) is 9.47 Å². The molecule has 1 aliphatic heterocycles. The fourth-order valence-electron chi connectivity index (χ4n) is 6.50. The molecule has 3 amide bonds. The van der Waals surface area contributed by atoms with Crippen molar-refractivity contribution in [2.24, 2.45) is 17.8 Å². The highest BCUT2D eigenvalue weighted by Crippen LogP contribution is 2.32. The number of benzene rings is 2. The third-order valence-corrected chi connectivity index (χ3v) is 8.90. The standard InChI is InChI=1S/C36H51N3O6/c1-22(2)31(33(41)37-28(20-24-13-8-7-9-14-24)30-19-23(3)34(42)44-30)39-32(40)29(38-35(43)45-36(4,5)6)21-26-17-12-16-25-15-10-11-18-27(25)26/h10-12,15-18,22-24,28-31H,7-9,13-14,19-21H2,1-6H3,(H,37,41)(H,38,43)(H,39,40)/t23-,28+,29+,30+,31+/m1/s1. The molecule has 246 valence electrons. The maximum atomic E-state index is 13.9. The van der Waals surface area contributed by atoms with E-state index in [1.807, 2.05) is 63.2 Å². The Balaban J connectivity index is 1.53. The molecule has 1 saturated carbocycles. The second-order valence-electron chi connectivity index (χ2n) is 14.2. The van der Waals surface area contributed by atoms with E-state index in [2.05, 4.69) is 16.0 Å². The number of fused-ring (bicyclic) bond motifs is 1. The summed E-state index contributed by atoms with van der Waals surface area (Å²) in [7, 11) is 0. The minimum Gasteiger partial charge on any atom is -0.460 e. The van der Waals surface area contributed by atoms with Crippen molar-refractivity contribution in [1.29, 1.82) is 0 Å². The maximum absolute atomic E-state index is 13.9. The molecule has 3 N–H and O–H groups in total. The average molecular weight is 622 g/mol. The van der Waals surface area contributed by atoms with Gasteiger partial charge in [0.05, 0.1) is 12.0 Å². The molecular formula is C36H51N3O6. The van der Waals surface area contributed by atoms with E-state index in [0.717, 1.165) is 35.6 Å². The van der Waals surface area contributed by atoms with Crippen molar-refractivity contribution in [2.45, 2.75) is 123 Å². The zero-order chi connectivity index (χ0) is 32.7. The highest BCUT2D eigenvalue weighted by molar-refractivity contribution is 5.93. The van der Waals surface area contributed by atoms with Gasteiger partial charge in [-0.15, -0.1) is 0 Å². The zero-order valence-corrected chi connectivity index (χ0v) is 27.7. The van der Waals surface area contributed by atoms with E-state index < -0.39 is 35.8 Å². The Morgan fingerprint density at radius 3 is 2.27 bits per heavy atom. The molecule has 1 aliphatic carbocycles. The van der Waals surface area contributed by atoms with Crippen LogP contribution in [0.3, 0.4) is 0 Å². The third kappa shape index (κ3) is 9.68. The lowest BCUT2D eigenvalue weighted by molar-refractivity contribution is -0.146. The first kappa shape index (κ1) is 34.3. The minimum atomic E-state index is -0.991. The van der Waals surface area contributed by atoms with Crippen LogP contribution in [0.1, 0.15) is 92.1 Å². The van der Waals surface area contributed by atoms with Gasteiger partial charge in [0.25, 0.3) is 0 Å². The molecule has 4 rings (SSSR count). The molecule has 0 unspecified atom stereocenters. The molecule has 1 heterocycles. The SMILES string of the molecule is CC(C)[C@H](NC(=O)[C@H](Cc1cccc2ccccc12)NC(=O)OC(C)(C)C)C(=O)N[C@@H](CC1CCCCC1)[C@@H]1C[C@@H](C)C(=O)O1. The van der Waals surface area contributed by atoms with Crippen LogP contribution < -0.4 is 16.0 Å². The van der Waals surface area contributed by atoms with Crippen molar-refractivity contribution < 1.29 is 28.7 Å². The van der Waals surface area contributed by atoms with Crippen LogP contribution in [0.5, 0.6) is 0 Å². The molecule has 0 bridgehead atoms. The van der Waals surface area contributed by atoms with Crippen LogP contribution in [0, 0.1) is 17.8 Å². The fraction of sp³-hybridized carbons (Fsp3) is 0.611. The van der Waals surface area contributed by atoms with E-state index in [1.54, 1.807) is 20.8 Å². The first-order valence-corrected chi connectivity index (χ1v) is 16.6. The van der Waals surface area contributed by atoms with Gasteiger partial charge in [-0.1, -0.05) is 95.3 Å². The number of esters is 1. The molecule has 0 spiro atoms. The van der Waals surface area contributed by atoms with Crippen molar-refractivity contribution in [3.63, 3.8) is 0 Å². The monoisotopic (exact) mass is 621 g/mol. The molecule has 9 nitrogen and oxygen atoms in total. The van der Waals surface area contributed by atoms with E-state index in [9.17, 15) is 19.2 Å². The Hall–Kier alpha value is -3.62. The van der Waals surface area contributed by atoms with Gasteiger partial charge in [0, 0.05) is 6.42 Å². The predicted molar refractivity (Wildman–Crippen MR) is 174 cm³/mol. The van der Waals surface area contributed by atoms with Gasteiger partial charge >= 0.3 is 12.1 Å². The summed E-state index contributed by atoms with van der Waals surface area (Å²) in [5.74, 6) is -1.04. The Bertz CT molecular complexity index is 1340. The Labute approximate surface area is 267 Å². The number of rotatable bonds is 11. The van der Waals surface area contributed by atoms with Gasteiger partial charge in [-0.3, -0.25) is 14.4 Å². The largest absolute Gasteiger partial charge is 0.460 e. The van der Waals surface area contributed by atoms with Crippen LogP contribution in [-0.4, -0.2) is 53.7 Å². The van der Waals surface area contributed by atoms with Crippen LogP contribution in [0.15, 0.2) is 42.5 Å². The number of alkyl carbamates (subject to hydrolysis) is 1. The lowest BCUT2D eigenvalue weighted by Crippen LogP contribution is -2.58. The van der Waals surface area contributed by atoms with Gasteiger partial charge < -0.3 is 25.4 Å². The lowest BCUT2D eigenvalue weighted by atomic mass is 9.83. The van der Waals surface area contributed by atoms with Gasteiger partial charge in [-0.05, 0) is 61.8 Å². The summed E-state index contributed by atoms with van der Waals surface area (Å²) in [5.41, 5.74) is 0.138. The number of ether oxygens (including phenoxy) is 2.